The van der Waals surface area contributed by atoms with Gasteiger partial charge in [-0.1, -0.05) is 13.8 Å². The Bertz CT molecular complexity index is 640. The van der Waals surface area contributed by atoms with Crippen LogP contribution in [0.15, 0.2) is 29.2 Å². The molecule has 1 aromatic rings. The fourth-order valence-corrected chi connectivity index (χ4v) is 3.64. The van der Waals surface area contributed by atoms with Gasteiger partial charge in [-0.3, -0.25) is 4.79 Å². The average Bonchev–Trinajstić information content (AvgIpc) is 2.53. The van der Waals surface area contributed by atoms with E-state index in [9.17, 15) is 17.6 Å². The van der Waals surface area contributed by atoms with Gasteiger partial charge in [-0.05, 0) is 30.2 Å². The van der Waals surface area contributed by atoms with Crippen molar-refractivity contribution >= 4 is 15.9 Å². The van der Waals surface area contributed by atoms with Gasteiger partial charge in [0.15, 0.2) is 0 Å². The molecule has 0 radical (unpaired) electrons. The van der Waals surface area contributed by atoms with Crippen molar-refractivity contribution < 1.29 is 22.3 Å². The van der Waals surface area contributed by atoms with Gasteiger partial charge in [-0.2, -0.15) is 4.72 Å². The van der Waals surface area contributed by atoms with E-state index >= 15 is 0 Å². The monoisotopic (exact) mass is 344 g/mol. The van der Waals surface area contributed by atoms with E-state index in [1.807, 2.05) is 0 Å². The van der Waals surface area contributed by atoms with Crippen LogP contribution in [-0.4, -0.2) is 51.6 Å². The lowest BCUT2D eigenvalue weighted by molar-refractivity contribution is -0.138. The molecule has 23 heavy (non-hydrogen) atoms. The van der Waals surface area contributed by atoms with Gasteiger partial charge in [0.2, 0.25) is 15.9 Å². The van der Waals surface area contributed by atoms with Gasteiger partial charge in [0.05, 0.1) is 18.1 Å². The van der Waals surface area contributed by atoms with Crippen LogP contribution >= 0.6 is 0 Å². The summed E-state index contributed by atoms with van der Waals surface area (Å²) in [5, 5.41) is 0. The number of benzene rings is 1. The Balaban J connectivity index is 2.17. The van der Waals surface area contributed by atoms with Crippen molar-refractivity contribution in [3.8, 4) is 0 Å². The maximum atomic E-state index is 12.9. The fourth-order valence-electron chi connectivity index (χ4n) is 2.30. The molecule has 1 amide bonds. The zero-order chi connectivity index (χ0) is 17.0. The largest absolute Gasteiger partial charge is 0.378 e. The number of nitrogens with one attached hydrogen (secondary N) is 1. The molecule has 1 N–H and O–H groups in total. The van der Waals surface area contributed by atoms with Crippen molar-refractivity contribution in [2.75, 3.05) is 26.3 Å². The first-order valence-corrected chi connectivity index (χ1v) is 8.94. The van der Waals surface area contributed by atoms with Crippen LogP contribution < -0.4 is 4.72 Å². The predicted octanol–water partition coefficient (Wildman–Crippen LogP) is 0.987. The van der Waals surface area contributed by atoms with Crippen LogP contribution in [0.25, 0.3) is 0 Å². The zero-order valence-corrected chi connectivity index (χ0v) is 14.0. The first kappa shape index (κ1) is 17.8. The van der Waals surface area contributed by atoms with E-state index in [2.05, 4.69) is 4.72 Å². The SMILES string of the molecule is CC(C)[C@@H](NS(=O)(=O)c1ccc(F)cc1)C(=O)N1CCOCC1. The molecule has 8 heteroatoms. The van der Waals surface area contributed by atoms with Gasteiger partial charge in [0.25, 0.3) is 0 Å². The fraction of sp³-hybridized carbons (Fsp3) is 0.533. The molecule has 0 spiro atoms. The molecular weight excluding hydrogens is 323 g/mol. The summed E-state index contributed by atoms with van der Waals surface area (Å²) in [7, 11) is -3.90. The zero-order valence-electron chi connectivity index (χ0n) is 13.2. The number of carbonyl (C=O) groups is 1. The number of morpholine rings is 1. The number of hydrogen-bond acceptors (Lipinski definition) is 4. The second kappa shape index (κ2) is 7.37. The minimum atomic E-state index is -3.90. The molecule has 1 fully saturated rings. The lowest BCUT2D eigenvalue weighted by Crippen LogP contribution is -2.53. The summed E-state index contributed by atoms with van der Waals surface area (Å²) < 4.78 is 45.4. The highest BCUT2D eigenvalue weighted by Gasteiger charge is 2.32. The van der Waals surface area contributed by atoms with Gasteiger partial charge < -0.3 is 9.64 Å². The van der Waals surface area contributed by atoms with Crippen molar-refractivity contribution in [3.05, 3.63) is 30.1 Å². The Labute approximate surface area is 135 Å². The lowest BCUT2D eigenvalue weighted by atomic mass is 10.0. The molecule has 0 aliphatic carbocycles. The first-order chi connectivity index (χ1) is 10.8. The van der Waals surface area contributed by atoms with Crippen LogP contribution in [0.4, 0.5) is 4.39 Å². The number of sulfonamides is 1. The van der Waals surface area contributed by atoms with E-state index in [4.69, 9.17) is 4.74 Å². The molecule has 1 heterocycles. The topological polar surface area (TPSA) is 75.7 Å². The summed E-state index contributed by atoms with van der Waals surface area (Å²) in [5.74, 6) is -1.01. The molecular formula is C15H21FN2O4S. The number of hydrogen-bond donors (Lipinski definition) is 1. The molecule has 1 aliphatic rings. The first-order valence-electron chi connectivity index (χ1n) is 7.45. The van der Waals surface area contributed by atoms with Crippen LogP contribution in [0.5, 0.6) is 0 Å². The minimum absolute atomic E-state index is 0.0701. The molecule has 2 rings (SSSR count). The number of amides is 1. The second-order valence-electron chi connectivity index (χ2n) is 5.73. The second-order valence-corrected chi connectivity index (χ2v) is 7.45. The third-order valence-corrected chi connectivity index (χ3v) is 5.12. The Morgan fingerprint density at radius 3 is 2.30 bits per heavy atom. The van der Waals surface area contributed by atoms with E-state index in [1.165, 1.54) is 12.1 Å². The summed E-state index contributed by atoms with van der Waals surface area (Å²) in [4.78, 5) is 14.1. The third kappa shape index (κ3) is 4.49. The van der Waals surface area contributed by atoms with Crippen molar-refractivity contribution in [2.45, 2.75) is 24.8 Å². The normalized spacial score (nSPS) is 17.3. The molecule has 0 bridgehead atoms. The van der Waals surface area contributed by atoms with E-state index in [-0.39, 0.29) is 16.7 Å². The molecule has 1 saturated heterocycles. The van der Waals surface area contributed by atoms with Crippen molar-refractivity contribution in [1.29, 1.82) is 0 Å². The Hall–Kier alpha value is -1.51. The van der Waals surface area contributed by atoms with Gasteiger partial charge in [-0.15, -0.1) is 0 Å². The Kier molecular flexibility index (Phi) is 5.72. The van der Waals surface area contributed by atoms with Crippen molar-refractivity contribution in [2.24, 2.45) is 5.92 Å². The molecule has 0 saturated carbocycles. The molecule has 1 aromatic carbocycles. The molecule has 128 valence electrons. The highest BCUT2D eigenvalue weighted by Crippen LogP contribution is 2.15. The smallest absolute Gasteiger partial charge is 0.241 e. The van der Waals surface area contributed by atoms with E-state index in [0.29, 0.717) is 26.3 Å². The lowest BCUT2D eigenvalue weighted by Gasteiger charge is -2.32. The molecule has 0 unspecified atom stereocenters. The van der Waals surface area contributed by atoms with Crippen molar-refractivity contribution in [1.82, 2.24) is 9.62 Å². The molecule has 1 atom stereocenters. The third-order valence-electron chi connectivity index (χ3n) is 3.66. The van der Waals surface area contributed by atoms with Crippen LogP contribution in [0.1, 0.15) is 13.8 Å². The molecule has 0 aromatic heterocycles. The van der Waals surface area contributed by atoms with Crippen LogP contribution in [0, 0.1) is 11.7 Å². The highest BCUT2D eigenvalue weighted by atomic mass is 32.2. The van der Waals surface area contributed by atoms with Gasteiger partial charge in [0.1, 0.15) is 11.9 Å². The average molecular weight is 344 g/mol. The van der Waals surface area contributed by atoms with Crippen LogP contribution in [-0.2, 0) is 19.6 Å². The van der Waals surface area contributed by atoms with E-state index < -0.39 is 21.9 Å². The quantitative estimate of drug-likeness (QED) is 0.864. The van der Waals surface area contributed by atoms with E-state index in [1.54, 1.807) is 18.7 Å². The number of halogens is 1. The van der Waals surface area contributed by atoms with Gasteiger partial charge in [0, 0.05) is 13.1 Å². The van der Waals surface area contributed by atoms with Gasteiger partial charge in [-0.25, -0.2) is 12.8 Å². The summed E-state index contributed by atoms with van der Waals surface area (Å²) in [6.07, 6.45) is 0. The summed E-state index contributed by atoms with van der Waals surface area (Å²) in [5.41, 5.74) is 0. The standard InChI is InChI=1S/C15H21FN2O4S/c1-11(2)14(15(19)18-7-9-22-10-8-18)17-23(20,21)13-5-3-12(16)4-6-13/h3-6,11,14,17H,7-10H2,1-2H3/t14-/m1/s1. The van der Waals surface area contributed by atoms with Crippen LogP contribution in [0.3, 0.4) is 0 Å². The Morgan fingerprint density at radius 2 is 1.78 bits per heavy atom. The Morgan fingerprint density at radius 1 is 1.22 bits per heavy atom. The van der Waals surface area contributed by atoms with Crippen LogP contribution in [0.2, 0.25) is 0 Å². The molecule has 6 nitrogen and oxygen atoms in total. The number of ether oxygens (including phenoxy) is 1. The minimum Gasteiger partial charge on any atom is -0.378 e. The van der Waals surface area contributed by atoms with Gasteiger partial charge >= 0.3 is 0 Å². The maximum absolute atomic E-state index is 12.9. The number of carbonyl (C=O) groups excluding carboxylic acids is 1. The predicted molar refractivity (Wildman–Crippen MR) is 82.7 cm³/mol. The van der Waals surface area contributed by atoms with Crippen molar-refractivity contribution in [3.63, 3.8) is 0 Å². The summed E-state index contributed by atoms with van der Waals surface area (Å²) >= 11 is 0. The highest BCUT2D eigenvalue weighted by molar-refractivity contribution is 7.89. The summed E-state index contributed by atoms with van der Waals surface area (Å²) in [6, 6.07) is 3.62. The molecule has 1 aliphatic heterocycles. The summed E-state index contributed by atoms with van der Waals surface area (Å²) in [6.45, 7) is 5.33. The number of rotatable bonds is 5. The number of nitrogens with zero attached hydrogens (tertiary/aromatic N) is 1. The maximum Gasteiger partial charge on any atom is 0.241 e. The van der Waals surface area contributed by atoms with E-state index in [0.717, 1.165) is 12.1 Å².